The number of hydrogen-bond donors (Lipinski definition) is 3. The summed E-state index contributed by atoms with van der Waals surface area (Å²) in [6.45, 7) is 2.70. The van der Waals surface area contributed by atoms with E-state index >= 15 is 0 Å². The topological polar surface area (TPSA) is 85.4 Å². The molecule has 2 amide bonds. The number of aromatic amines is 1. The molecule has 1 heterocycles. The second kappa shape index (κ2) is 8.70. The van der Waals surface area contributed by atoms with E-state index in [1.807, 2.05) is 6.92 Å². The number of halogens is 1. The molecule has 1 aromatic heterocycles. The van der Waals surface area contributed by atoms with Gasteiger partial charge in [0.1, 0.15) is 5.69 Å². The van der Waals surface area contributed by atoms with Gasteiger partial charge in [-0.2, -0.15) is 0 Å². The van der Waals surface area contributed by atoms with Gasteiger partial charge in [0.15, 0.2) is 0 Å². The molecule has 0 spiro atoms. The molecule has 0 aliphatic carbocycles. The molecule has 2 aromatic rings. The number of aliphatic hydroxyl groups excluding tert-OH is 1. The van der Waals surface area contributed by atoms with E-state index in [2.05, 4.69) is 10.3 Å². The van der Waals surface area contributed by atoms with Gasteiger partial charge in [0, 0.05) is 29.0 Å². The fourth-order valence-electron chi connectivity index (χ4n) is 2.42. The summed E-state index contributed by atoms with van der Waals surface area (Å²) in [5.74, 6) is -0.555. The van der Waals surface area contributed by atoms with Crippen LogP contribution in [0.3, 0.4) is 0 Å². The fraction of sp³-hybridized carbons (Fsp3) is 0.412. The molecule has 7 heteroatoms. The van der Waals surface area contributed by atoms with Crippen molar-refractivity contribution in [1.29, 1.82) is 0 Å². The van der Waals surface area contributed by atoms with Crippen molar-refractivity contribution in [3.8, 4) is 0 Å². The highest BCUT2D eigenvalue weighted by atomic mass is 35.5. The Kier molecular flexibility index (Phi) is 6.63. The average Bonchev–Trinajstić information content (AvgIpc) is 2.99. The molecule has 0 radical (unpaired) electrons. The van der Waals surface area contributed by atoms with E-state index in [-0.39, 0.29) is 31.5 Å². The van der Waals surface area contributed by atoms with E-state index in [0.29, 0.717) is 17.3 Å². The summed E-state index contributed by atoms with van der Waals surface area (Å²) in [6.07, 6.45) is 1.82. The maximum absolute atomic E-state index is 12.2. The van der Waals surface area contributed by atoms with Gasteiger partial charge in [0.25, 0.3) is 5.91 Å². The fourth-order valence-corrected chi connectivity index (χ4v) is 2.60. The summed E-state index contributed by atoms with van der Waals surface area (Å²) < 4.78 is 0. The van der Waals surface area contributed by atoms with Crippen molar-refractivity contribution in [2.24, 2.45) is 0 Å². The van der Waals surface area contributed by atoms with Crippen molar-refractivity contribution in [1.82, 2.24) is 15.2 Å². The van der Waals surface area contributed by atoms with Crippen molar-refractivity contribution >= 4 is 34.3 Å². The number of aliphatic hydroxyl groups is 1. The van der Waals surface area contributed by atoms with Crippen LogP contribution in [0.5, 0.6) is 0 Å². The van der Waals surface area contributed by atoms with Gasteiger partial charge in [-0.05, 0) is 30.7 Å². The Morgan fingerprint density at radius 1 is 1.29 bits per heavy atom. The van der Waals surface area contributed by atoms with E-state index in [9.17, 15) is 9.59 Å². The molecule has 0 aliphatic rings. The predicted molar refractivity (Wildman–Crippen MR) is 94.2 cm³/mol. The van der Waals surface area contributed by atoms with Crippen LogP contribution >= 0.6 is 11.6 Å². The maximum Gasteiger partial charge on any atom is 0.268 e. The number of nitrogens with zero attached hydrogens (tertiary/aromatic N) is 1. The summed E-state index contributed by atoms with van der Waals surface area (Å²) in [6, 6.07) is 7.01. The molecule has 0 aliphatic heterocycles. The maximum atomic E-state index is 12.2. The number of unbranched alkanes of at least 4 members (excludes halogenated alkanes) is 1. The molecule has 0 bridgehead atoms. The molecule has 0 unspecified atom stereocenters. The lowest BCUT2D eigenvalue weighted by atomic mass is 10.2. The largest absolute Gasteiger partial charge is 0.395 e. The van der Waals surface area contributed by atoms with Crippen molar-refractivity contribution in [3.05, 3.63) is 35.0 Å². The number of carbonyl (C=O) groups is 2. The smallest absolute Gasteiger partial charge is 0.268 e. The minimum atomic E-state index is -0.352. The molecule has 2 rings (SSSR count). The van der Waals surface area contributed by atoms with Gasteiger partial charge in [-0.3, -0.25) is 9.59 Å². The first-order chi connectivity index (χ1) is 11.5. The monoisotopic (exact) mass is 351 g/mol. The van der Waals surface area contributed by atoms with Crippen LogP contribution in [0.4, 0.5) is 0 Å². The molecule has 130 valence electrons. The Morgan fingerprint density at radius 3 is 2.79 bits per heavy atom. The molecule has 3 N–H and O–H groups in total. The van der Waals surface area contributed by atoms with E-state index in [1.165, 1.54) is 0 Å². The molecule has 0 saturated heterocycles. The third-order valence-electron chi connectivity index (χ3n) is 3.73. The minimum absolute atomic E-state index is 0.0911. The van der Waals surface area contributed by atoms with Crippen LogP contribution in [0.2, 0.25) is 5.02 Å². The number of nitrogens with one attached hydrogen (secondary N) is 2. The molecule has 0 fully saturated rings. The molecule has 6 nitrogen and oxygen atoms in total. The van der Waals surface area contributed by atoms with Crippen LogP contribution in [0.25, 0.3) is 10.9 Å². The van der Waals surface area contributed by atoms with Crippen molar-refractivity contribution < 1.29 is 14.7 Å². The number of amides is 2. The third kappa shape index (κ3) is 4.72. The predicted octanol–water partition coefficient (Wildman–Crippen LogP) is 2.17. The first-order valence-electron chi connectivity index (χ1n) is 8.00. The van der Waals surface area contributed by atoms with Gasteiger partial charge >= 0.3 is 0 Å². The van der Waals surface area contributed by atoms with Crippen LogP contribution in [-0.4, -0.2) is 53.0 Å². The molecular weight excluding hydrogens is 330 g/mol. The number of carbonyl (C=O) groups excluding carboxylic acids is 2. The van der Waals surface area contributed by atoms with Gasteiger partial charge in [0.05, 0.1) is 13.2 Å². The summed E-state index contributed by atoms with van der Waals surface area (Å²) in [4.78, 5) is 28.9. The normalized spacial score (nSPS) is 10.8. The number of H-pyrrole nitrogens is 1. The Labute approximate surface area is 145 Å². The van der Waals surface area contributed by atoms with E-state index in [1.54, 1.807) is 29.2 Å². The Balaban J connectivity index is 1.96. The van der Waals surface area contributed by atoms with Crippen LogP contribution in [0.15, 0.2) is 24.3 Å². The minimum Gasteiger partial charge on any atom is -0.395 e. The van der Waals surface area contributed by atoms with Gasteiger partial charge < -0.3 is 20.3 Å². The first-order valence-corrected chi connectivity index (χ1v) is 8.38. The van der Waals surface area contributed by atoms with Gasteiger partial charge in [-0.15, -0.1) is 0 Å². The Bertz CT molecular complexity index is 714. The summed E-state index contributed by atoms with van der Waals surface area (Å²) in [5, 5.41) is 13.1. The van der Waals surface area contributed by atoms with Gasteiger partial charge in [-0.25, -0.2) is 0 Å². The summed E-state index contributed by atoms with van der Waals surface area (Å²) in [5.41, 5.74) is 1.18. The SMILES string of the molecule is CCCCN(CCO)C(=O)CNC(=O)c1cc2cc(Cl)ccc2[nH]1. The van der Waals surface area contributed by atoms with E-state index in [4.69, 9.17) is 16.7 Å². The Morgan fingerprint density at radius 2 is 2.08 bits per heavy atom. The molecule has 0 saturated carbocycles. The van der Waals surface area contributed by atoms with Crippen molar-refractivity contribution in [2.45, 2.75) is 19.8 Å². The number of rotatable bonds is 8. The van der Waals surface area contributed by atoms with Crippen molar-refractivity contribution in [2.75, 3.05) is 26.2 Å². The van der Waals surface area contributed by atoms with Crippen LogP contribution < -0.4 is 5.32 Å². The number of benzene rings is 1. The zero-order chi connectivity index (χ0) is 17.5. The van der Waals surface area contributed by atoms with Crippen LogP contribution in [0.1, 0.15) is 30.3 Å². The second-order valence-electron chi connectivity index (χ2n) is 5.56. The zero-order valence-corrected chi connectivity index (χ0v) is 14.4. The second-order valence-corrected chi connectivity index (χ2v) is 5.99. The van der Waals surface area contributed by atoms with Crippen LogP contribution in [-0.2, 0) is 4.79 Å². The van der Waals surface area contributed by atoms with Crippen LogP contribution in [0, 0.1) is 0 Å². The third-order valence-corrected chi connectivity index (χ3v) is 3.97. The van der Waals surface area contributed by atoms with Crippen molar-refractivity contribution in [3.63, 3.8) is 0 Å². The Hall–Kier alpha value is -2.05. The lowest BCUT2D eigenvalue weighted by Gasteiger charge is -2.21. The molecule has 1 aromatic carbocycles. The summed E-state index contributed by atoms with van der Waals surface area (Å²) >= 11 is 5.93. The highest BCUT2D eigenvalue weighted by Crippen LogP contribution is 2.19. The number of aromatic nitrogens is 1. The first kappa shape index (κ1) is 18.3. The molecule has 24 heavy (non-hydrogen) atoms. The zero-order valence-electron chi connectivity index (χ0n) is 13.6. The molecule has 0 atom stereocenters. The quantitative estimate of drug-likeness (QED) is 0.681. The highest BCUT2D eigenvalue weighted by Gasteiger charge is 2.15. The average molecular weight is 352 g/mol. The van der Waals surface area contributed by atoms with E-state index in [0.717, 1.165) is 23.7 Å². The van der Waals surface area contributed by atoms with Gasteiger partial charge in [0.2, 0.25) is 5.91 Å². The highest BCUT2D eigenvalue weighted by molar-refractivity contribution is 6.31. The van der Waals surface area contributed by atoms with E-state index < -0.39 is 0 Å². The summed E-state index contributed by atoms with van der Waals surface area (Å²) in [7, 11) is 0. The standard InChI is InChI=1S/C17H22ClN3O3/c1-2-3-6-21(7-8-22)16(23)11-19-17(24)15-10-12-9-13(18)4-5-14(12)20-15/h4-5,9-10,20,22H,2-3,6-8,11H2,1H3,(H,19,24). The lowest BCUT2D eigenvalue weighted by Crippen LogP contribution is -2.42. The number of hydrogen-bond acceptors (Lipinski definition) is 3. The molecular formula is C17H22ClN3O3. The lowest BCUT2D eigenvalue weighted by molar-refractivity contribution is -0.130. The van der Waals surface area contributed by atoms with Gasteiger partial charge in [-0.1, -0.05) is 24.9 Å². The number of fused-ring (bicyclic) bond motifs is 1.